The fourth-order valence-corrected chi connectivity index (χ4v) is 6.13. The van der Waals surface area contributed by atoms with Crippen molar-refractivity contribution in [2.45, 2.75) is 54.7 Å². The number of alkyl halides is 2. The van der Waals surface area contributed by atoms with Gasteiger partial charge in [-0.25, -0.2) is 8.42 Å². The summed E-state index contributed by atoms with van der Waals surface area (Å²) in [6.45, 7) is 3.49. The number of ether oxygens (including phenoxy) is 2. The number of carbonyl (C=O) groups is 1. The molecule has 1 aliphatic carbocycles. The number of fused-ring (bicyclic) bond motifs is 3. The number of nitrogens with zero attached hydrogens (tertiary/aromatic N) is 1. The number of hydrogen-bond donors (Lipinski definition) is 0. The molecular formula is C24H25F2NO5S. The fourth-order valence-electron chi connectivity index (χ4n) is 5.41. The predicted octanol–water partition coefficient (Wildman–Crippen LogP) is 4.48. The van der Waals surface area contributed by atoms with Gasteiger partial charge < -0.3 is 14.4 Å². The standard InChI is InChI=1S/C24H25F2NO5S/c1-15-18-12-20-21(32-11-10-31-20)13-19(18)24(8-2-3-9-24)14-27(15)22(28)16-4-6-17(7-5-16)33(29,30)23(25)26/h4-7,12-13,15,23H,2-3,8-11,14H2,1H3/t15-/m0/s1. The highest BCUT2D eigenvalue weighted by atomic mass is 32.2. The van der Waals surface area contributed by atoms with Crippen LogP contribution in [0.1, 0.15) is 60.1 Å². The number of rotatable bonds is 3. The highest BCUT2D eigenvalue weighted by Crippen LogP contribution is 2.52. The second-order valence-electron chi connectivity index (χ2n) is 9.01. The van der Waals surface area contributed by atoms with Gasteiger partial charge in [-0.1, -0.05) is 12.8 Å². The minimum Gasteiger partial charge on any atom is -0.486 e. The smallest absolute Gasteiger partial charge is 0.341 e. The lowest BCUT2D eigenvalue weighted by molar-refractivity contribution is 0.0593. The molecule has 5 rings (SSSR count). The Bertz CT molecular complexity index is 1190. The maximum absolute atomic E-state index is 13.5. The molecule has 2 aromatic rings. The molecule has 176 valence electrons. The molecule has 0 bridgehead atoms. The van der Waals surface area contributed by atoms with Crippen LogP contribution in [0, 0.1) is 0 Å². The van der Waals surface area contributed by atoms with E-state index in [9.17, 15) is 22.0 Å². The molecule has 2 heterocycles. The van der Waals surface area contributed by atoms with Crippen LogP contribution in [0.2, 0.25) is 0 Å². The Kier molecular flexibility index (Phi) is 5.34. The Morgan fingerprint density at radius 2 is 1.67 bits per heavy atom. The number of halogens is 2. The van der Waals surface area contributed by atoms with Crippen LogP contribution in [-0.2, 0) is 15.3 Å². The molecule has 0 N–H and O–H groups in total. The maximum Gasteiger partial charge on any atom is 0.341 e. The monoisotopic (exact) mass is 477 g/mol. The molecule has 2 aromatic carbocycles. The van der Waals surface area contributed by atoms with E-state index < -0.39 is 20.5 Å². The zero-order chi connectivity index (χ0) is 23.4. The Hall–Kier alpha value is -2.68. The summed E-state index contributed by atoms with van der Waals surface area (Å²) in [5, 5.41) is 0. The third-order valence-corrected chi connectivity index (χ3v) is 8.56. The van der Waals surface area contributed by atoms with Crippen LogP contribution >= 0.6 is 0 Å². The fraction of sp³-hybridized carbons (Fsp3) is 0.458. The van der Waals surface area contributed by atoms with Gasteiger partial charge in [0.15, 0.2) is 11.5 Å². The van der Waals surface area contributed by atoms with Crippen LogP contribution in [0.25, 0.3) is 0 Å². The van der Waals surface area contributed by atoms with Gasteiger partial charge in [-0.05, 0) is 67.3 Å². The molecule has 33 heavy (non-hydrogen) atoms. The summed E-state index contributed by atoms with van der Waals surface area (Å²) in [6, 6.07) is 8.59. The molecule has 1 atom stereocenters. The van der Waals surface area contributed by atoms with Crippen LogP contribution in [0.4, 0.5) is 8.78 Å². The van der Waals surface area contributed by atoms with E-state index in [2.05, 4.69) is 6.07 Å². The summed E-state index contributed by atoms with van der Waals surface area (Å²) in [4.78, 5) is 14.8. The number of sulfone groups is 1. The minimum absolute atomic E-state index is 0.174. The van der Waals surface area contributed by atoms with E-state index in [1.807, 2.05) is 13.0 Å². The molecule has 1 saturated carbocycles. The van der Waals surface area contributed by atoms with Gasteiger partial charge in [0, 0.05) is 17.5 Å². The molecule has 1 amide bonds. The zero-order valence-corrected chi connectivity index (χ0v) is 19.0. The van der Waals surface area contributed by atoms with Gasteiger partial charge in [0.05, 0.1) is 10.9 Å². The first-order valence-electron chi connectivity index (χ1n) is 11.1. The van der Waals surface area contributed by atoms with Gasteiger partial charge in [0.2, 0.25) is 9.84 Å². The second-order valence-corrected chi connectivity index (χ2v) is 10.9. The molecule has 1 spiro atoms. The van der Waals surface area contributed by atoms with Gasteiger partial charge in [0.25, 0.3) is 5.91 Å². The summed E-state index contributed by atoms with van der Waals surface area (Å²) >= 11 is 0. The Morgan fingerprint density at radius 3 is 2.27 bits per heavy atom. The number of carbonyl (C=O) groups excluding carboxylic acids is 1. The Labute approximate surface area is 191 Å². The molecular weight excluding hydrogens is 452 g/mol. The topological polar surface area (TPSA) is 72.9 Å². The quantitative estimate of drug-likeness (QED) is 0.652. The lowest BCUT2D eigenvalue weighted by Crippen LogP contribution is -2.48. The van der Waals surface area contributed by atoms with Crippen molar-refractivity contribution in [3.8, 4) is 11.5 Å². The van der Waals surface area contributed by atoms with E-state index in [0.717, 1.165) is 49.1 Å². The highest BCUT2D eigenvalue weighted by Gasteiger charge is 2.46. The Balaban J connectivity index is 1.51. The van der Waals surface area contributed by atoms with Gasteiger partial charge in [-0.3, -0.25) is 4.79 Å². The van der Waals surface area contributed by atoms with E-state index >= 15 is 0 Å². The van der Waals surface area contributed by atoms with Crippen molar-refractivity contribution in [1.29, 1.82) is 0 Å². The third kappa shape index (κ3) is 3.57. The third-order valence-electron chi connectivity index (χ3n) is 7.16. The molecule has 9 heteroatoms. The van der Waals surface area contributed by atoms with Crippen LogP contribution in [-0.4, -0.2) is 44.7 Å². The number of hydrogen-bond acceptors (Lipinski definition) is 5. The normalized spacial score (nSPS) is 21.3. The first-order chi connectivity index (χ1) is 15.7. The van der Waals surface area contributed by atoms with Gasteiger partial charge >= 0.3 is 5.76 Å². The van der Waals surface area contributed by atoms with Gasteiger partial charge in [-0.15, -0.1) is 0 Å². The van der Waals surface area contributed by atoms with E-state index in [4.69, 9.17) is 9.47 Å². The molecule has 3 aliphatic rings. The van der Waals surface area contributed by atoms with Gasteiger partial charge in [-0.2, -0.15) is 8.78 Å². The van der Waals surface area contributed by atoms with Crippen LogP contribution in [0.5, 0.6) is 11.5 Å². The van der Waals surface area contributed by atoms with E-state index in [0.29, 0.717) is 25.5 Å². The van der Waals surface area contributed by atoms with Crippen LogP contribution in [0.15, 0.2) is 41.3 Å². The second kappa shape index (κ2) is 7.97. The molecule has 0 radical (unpaired) electrons. The molecule has 0 saturated heterocycles. The van der Waals surface area contributed by atoms with Crippen molar-refractivity contribution in [3.05, 3.63) is 53.1 Å². The van der Waals surface area contributed by atoms with E-state index in [-0.39, 0.29) is 22.9 Å². The van der Waals surface area contributed by atoms with Crippen molar-refractivity contribution in [1.82, 2.24) is 4.90 Å². The lowest BCUT2D eigenvalue weighted by atomic mass is 9.71. The van der Waals surface area contributed by atoms with Crippen molar-refractivity contribution < 1.29 is 31.5 Å². The average Bonchev–Trinajstić information content (AvgIpc) is 3.29. The number of benzene rings is 2. The Morgan fingerprint density at radius 1 is 1.06 bits per heavy atom. The average molecular weight is 478 g/mol. The van der Waals surface area contributed by atoms with Crippen LogP contribution < -0.4 is 9.47 Å². The molecule has 1 fully saturated rings. The molecule has 0 unspecified atom stereocenters. The highest BCUT2D eigenvalue weighted by molar-refractivity contribution is 7.91. The molecule has 0 aromatic heterocycles. The zero-order valence-electron chi connectivity index (χ0n) is 18.2. The molecule has 2 aliphatic heterocycles. The molecule has 6 nitrogen and oxygen atoms in total. The largest absolute Gasteiger partial charge is 0.486 e. The predicted molar refractivity (Wildman–Crippen MR) is 117 cm³/mol. The SMILES string of the molecule is C[C@H]1c2cc3c(cc2C2(CCCC2)CN1C(=O)c1ccc(S(=O)(=O)C(F)F)cc1)OCCO3. The summed E-state index contributed by atoms with van der Waals surface area (Å²) in [7, 11) is -4.71. The van der Waals surface area contributed by atoms with Crippen molar-refractivity contribution in [2.75, 3.05) is 19.8 Å². The first kappa shape index (κ1) is 22.1. The summed E-state index contributed by atoms with van der Waals surface area (Å²) in [5.74, 6) is -2.34. The van der Waals surface area contributed by atoms with Crippen molar-refractivity contribution in [2.24, 2.45) is 0 Å². The van der Waals surface area contributed by atoms with Crippen molar-refractivity contribution >= 4 is 15.7 Å². The minimum atomic E-state index is -4.71. The van der Waals surface area contributed by atoms with Crippen molar-refractivity contribution in [3.63, 3.8) is 0 Å². The maximum atomic E-state index is 13.5. The lowest BCUT2D eigenvalue weighted by Gasteiger charge is -2.46. The summed E-state index contributed by atoms with van der Waals surface area (Å²) < 4.78 is 60.7. The summed E-state index contributed by atoms with van der Waals surface area (Å²) in [6.07, 6.45) is 4.07. The number of amides is 1. The van der Waals surface area contributed by atoms with Gasteiger partial charge in [0.1, 0.15) is 13.2 Å². The van der Waals surface area contributed by atoms with E-state index in [1.54, 1.807) is 4.90 Å². The van der Waals surface area contributed by atoms with E-state index in [1.165, 1.54) is 17.7 Å². The first-order valence-corrected chi connectivity index (χ1v) is 12.6. The van der Waals surface area contributed by atoms with Crippen LogP contribution in [0.3, 0.4) is 0 Å². The summed E-state index contributed by atoms with van der Waals surface area (Å²) in [5.41, 5.74) is 2.33.